The maximum atomic E-state index is 13.3. The predicted octanol–water partition coefficient (Wildman–Crippen LogP) is 0.888. The molecule has 2 fully saturated rings. The molecule has 0 bridgehead atoms. The quantitative estimate of drug-likeness (QED) is 0.807. The second-order valence-corrected chi connectivity index (χ2v) is 8.18. The van der Waals surface area contributed by atoms with E-state index in [1.54, 1.807) is 29.4 Å². The van der Waals surface area contributed by atoms with E-state index in [0.29, 0.717) is 30.6 Å². The highest BCUT2D eigenvalue weighted by molar-refractivity contribution is 5.96. The van der Waals surface area contributed by atoms with Gasteiger partial charge in [-0.3, -0.25) is 14.6 Å². The molecule has 0 spiro atoms. The van der Waals surface area contributed by atoms with E-state index in [2.05, 4.69) is 26.8 Å². The van der Waals surface area contributed by atoms with Crippen LogP contribution in [0.1, 0.15) is 28.9 Å². The molecule has 8 nitrogen and oxygen atoms in total. The summed E-state index contributed by atoms with van der Waals surface area (Å²) in [4.78, 5) is 40.9. The van der Waals surface area contributed by atoms with E-state index in [1.807, 2.05) is 18.2 Å². The Morgan fingerprint density at radius 3 is 2.53 bits per heavy atom. The average molecular weight is 409 g/mol. The summed E-state index contributed by atoms with van der Waals surface area (Å²) < 4.78 is 0. The molecule has 158 valence electrons. The van der Waals surface area contributed by atoms with Crippen LogP contribution in [0.25, 0.3) is 0 Å². The molecule has 2 aromatic rings. The molecule has 30 heavy (non-hydrogen) atoms. The fraction of sp³-hybridized carbons (Fsp3) is 0.455. The maximum Gasteiger partial charge on any atom is 0.254 e. The fourth-order valence-electron chi connectivity index (χ4n) is 4.35. The number of likely N-dealkylation sites (tertiary alicyclic amines) is 1. The van der Waals surface area contributed by atoms with Crippen LogP contribution in [0.5, 0.6) is 0 Å². The summed E-state index contributed by atoms with van der Waals surface area (Å²) in [6, 6.07) is 9.06. The topological polar surface area (TPSA) is 95.7 Å². The number of amides is 2. The van der Waals surface area contributed by atoms with Gasteiger partial charge in [0.25, 0.3) is 5.91 Å². The number of pyridine rings is 2. The number of hydrogen-bond acceptors (Lipinski definition) is 6. The molecule has 2 aliphatic rings. The van der Waals surface area contributed by atoms with Crippen molar-refractivity contribution in [3.8, 4) is 0 Å². The van der Waals surface area contributed by atoms with Gasteiger partial charge in [-0.05, 0) is 44.2 Å². The number of nitrogens with two attached hydrogens (primary N) is 1. The Morgan fingerprint density at radius 2 is 1.83 bits per heavy atom. The summed E-state index contributed by atoms with van der Waals surface area (Å²) in [5.74, 6) is 0.275. The van der Waals surface area contributed by atoms with Gasteiger partial charge in [-0.25, -0.2) is 4.98 Å². The van der Waals surface area contributed by atoms with Crippen molar-refractivity contribution in [1.82, 2.24) is 19.8 Å². The molecular weight excluding hydrogens is 380 g/mol. The average Bonchev–Trinajstić information content (AvgIpc) is 2.79. The van der Waals surface area contributed by atoms with Gasteiger partial charge in [-0.15, -0.1) is 0 Å². The first-order chi connectivity index (χ1) is 14.5. The third-order valence-corrected chi connectivity index (χ3v) is 6.23. The molecular formula is C22H28N6O2. The smallest absolute Gasteiger partial charge is 0.254 e. The van der Waals surface area contributed by atoms with Crippen LogP contribution in [0.3, 0.4) is 0 Å². The van der Waals surface area contributed by atoms with Crippen molar-refractivity contribution in [2.24, 2.45) is 5.73 Å². The van der Waals surface area contributed by atoms with E-state index in [0.717, 1.165) is 32.0 Å². The van der Waals surface area contributed by atoms with Gasteiger partial charge in [0.15, 0.2) is 0 Å². The van der Waals surface area contributed by atoms with Crippen molar-refractivity contribution in [3.63, 3.8) is 0 Å². The number of likely N-dealkylation sites (N-methyl/N-ethyl adjacent to an activating group) is 1. The third-order valence-electron chi connectivity index (χ3n) is 6.23. The zero-order valence-corrected chi connectivity index (χ0v) is 17.3. The minimum Gasteiger partial charge on any atom is -0.369 e. The standard InChI is InChI=1S/C22H28N6O2/c1-26-11-13-27(14-12-26)19-15-17(6-9-25-19)20(29)28-10-4-7-22(16-28,21(23)30)18-5-2-3-8-24-18/h2-3,5-6,8-9,15H,4,7,10-14,16H2,1H3,(H2,23,30)/t22-/m0/s1. The lowest BCUT2D eigenvalue weighted by Crippen LogP contribution is -2.55. The van der Waals surface area contributed by atoms with Gasteiger partial charge in [0.05, 0.1) is 5.69 Å². The highest BCUT2D eigenvalue weighted by atomic mass is 16.2. The minimum atomic E-state index is -0.956. The van der Waals surface area contributed by atoms with Gasteiger partial charge >= 0.3 is 0 Å². The number of carbonyl (C=O) groups excluding carboxylic acids is 2. The lowest BCUT2D eigenvalue weighted by molar-refractivity contribution is -0.125. The summed E-state index contributed by atoms with van der Waals surface area (Å²) in [7, 11) is 2.10. The molecule has 0 aliphatic carbocycles. The first kappa shape index (κ1) is 20.3. The molecule has 8 heteroatoms. The molecule has 2 N–H and O–H groups in total. The number of piperazine rings is 1. The second-order valence-electron chi connectivity index (χ2n) is 8.18. The number of rotatable bonds is 4. The van der Waals surface area contributed by atoms with Crippen molar-refractivity contribution in [2.45, 2.75) is 18.3 Å². The summed E-state index contributed by atoms with van der Waals surface area (Å²) in [6.07, 6.45) is 4.63. The van der Waals surface area contributed by atoms with Crippen molar-refractivity contribution in [3.05, 3.63) is 54.0 Å². The molecule has 1 atom stereocenters. The number of piperidine rings is 1. The van der Waals surface area contributed by atoms with Crippen LogP contribution in [0.15, 0.2) is 42.7 Å². The van der Waals surface area contributed by atoms with Crippen molar-refractivity contribution in [2.75, 3.05) is 51.2 Å². The molecule has 4 heterocycles. The van der Waals surface area contributed by atoms with Gasteiger partial charge < -0.3 is 20.4 Å². The van der Waals surface area contributed by atoms with E-state index >= 15 is 0 Å². The van der Waals surface area contributed by atoms with Crippen LogP contribution in [0, 0.1) is 0 Å². The Bertz CT molecular complexity index is 913. The minimum absolute atomic E-state index is 0.103. The van der Waals surface area contributed by atoms with Crippen molar-refractivity contribution in [1.29, 1.82) is 0 Å². The zero-order valence-electron chi connectivity index (χ0n) is 17.3. The van der Waals surface area contributed by atoms with Crippen molar-refractivity contribution < 1.29 is 9.59 Å². The molecule has 4 rings (SSSR count). The number of carbonyl (C=O) groups is 2. The summed E-state index contributed by atoms with van der Waals surface area (Å²) in [5, 5.41) is 0. The Hall–Kier alpha value is -3.00. The first-order valence-corrected chi connectivity index (χ1v) is 10.4. The van der Waals surface area contributed by atoms with Crippen LogP contribution in [-0.2, 0) is 10.2 Å². The van der Waals surface area contributed by atoms with E-state index in [-0.39, 0.29) is 12.5 Å². The van der Waals surface area contributed by atoms with E-state index in [1.165, 1.54) is 0 Å². The molecule has 0 radical (unpaired) electrons. The van der Waals surface area contributed by atoms with Crippen LogP contribution in [0.4, 0.5) is 5.82 Å². The molecule has 0 aromatic carbocycles. The highest BCUT2D eigenvalue weighted by Gasteiger charge is 2.44. The Balaban J connectivity index is 1.56. The summed E-state index contributed by atoms with van der Waals surface area (Å²) >= 11 is 0. The van der Waals surface area contributed by atoms with Gasteiger partial charge in [0, 0.05) is 57.2 Å². The normalized spacial score (nSPS) is 22.7. The number of hydrogen-bond donors (Lipinski definition) is 1. The van der Waals surface area contributed by atoms with Crippen LogP contribution in [-0.4, -0.2) is 77.9 Å². The third kappa shape index (κ3) is 3.87. The number of aromatic nitrogens is 2. The first-order valence-electron chi connectivity index (χ1n) is 10.4. The van der Waals surface area contributed by atoms with Crippen LogP contribution >= 0.6 is 0 Å². The van der Waals surface area contributed by atoms with Gasteiger partial charge in [0.1, 0.15) is 11.2 Å². The molecule has 0 saturated carbocycles. The van der Waals surface area contributed by atoms with E-state index in [4.69, 9.17) is 5.73 Å². The fourth-order valence-corrected chi connectivity index (χ4v) is 4.35. The number of anilines is 1. The Kier molecular flexibility index (Phi) is 5.67. The van der Waals surface area contributed by atoms with E-state index < -0.39 is 11.3 Å². The Morgan fingerprint density at radius 1 is 1.03 bits per heavy atom. The monoisotopic (exact) mass is 408 g/mol. The summed E-state index contributed by atoms with van der Waals surface area (Å²) in [6.45, 7) is 4.54. The molecule has 2 amide bonds. The predicted molar refractivity (Wildman–Crippen MR) is 114 cm³/mol. The largest absolute Gasteiger partial charge is 0.369 e. The molecule has 2 saturated heterocycles. The molecule has 2 aliphatic heterocycles. The van der Waals surface area contributed by atoms with E-state index in [9.17, 15) is 9.59 Å². The SMILES string of the molecule is CN1CCN(c2cc(C(=O)N3CCC[C@@](C(N)=O)(c4ccccn4)C3)ccn2)CC1. The van der Waals surface area contributed by atoms with Gasteiger partial charge in [-0.1, -0.05) is 6.07 Å². The zero-order chi connectivity index (χ0) is 21.1. The second kappa shape index (κ2) is 8.39. The Labute approximate surface area is 176 Å². The lowest BCUT2D eigenvalue weighted by Gasteiger charge is -2.40. The van der Waals surface area contributed by atoms with Gasteiger partial charge in [0.2, 0.25) is 5.91 Å². The summed E-state index contributed by atoms with van der Waals surface area (Å²) in [5.41, 5.74) is 6.09. The van der Waals surface area contributed by atoms with Gasteiger partial charge in [-0.2, -0.15) is 0 Å². The molecule has 2 aromatic heterocycles. The van der Waals surface area contributed by atoms with Crippen LogP contribution in [0.2, 0.25) is 0 Å². The molecule has 0 unspecified atom stereocenters. The highest BCUT2D eigenvalue weighted by Crippen LogP contribution is 2.33. The maximum absolute atomic E-state index is 13.3. The lowest BCUT2D eigenvalue weighted by atomic mass is 9.76. The van der Waals surface area contributed by atoms with Crippen LogP contribution < -0.4 is 10.6 Å². The number of nitrogens with zero attached hydrogens (tertiary/aromatic N) is 5. The van der Waals surface area contributed by atoms with Crippen molar-refractivity contribution >= 4 is 17.6 Å². The number of primary amides is 1.